The van der Waals surface area contributed by atoms with Gasteiger partial charge in [0.25, 0.3) is 0 Å². The van der Waals surface area contributed by atoms with E-state index in [1.807, 2.05) is 25.2 Å². The van der Waals surface area contributed by atoms with E-state index in [0.29, 0.717) is 12.5 Å². The van der Waals surface area contributed by atoms with E-state index in [1.165, 1.54) is 0 Å². The van der Waals surface area contributed by atoms with E-state index in [1.54, 1.807) is 12.3 Å². The molecule has 1 aromatic rings. The van der Waals surface area contributed by atoms with Crippen LogP contribution in [0.5, 0.6) is 0 Å². The van der Waals surface area contributed by atoms with Crippen molar-refractivity contribution in [3.63, 3.8) is 0 Å². The third-order valence-electron chi connectivity index (χ3n) is 3.71. The lowest BCUT2D eigenvalue weighted by Gasteiger charge is -2.16. The van der Waals surface area contributed by atoms with Crippen LogP contribution >= 0.6 is 0 Å². The van der Waals surface area contributed by atoms with Crippen molar-refractivity contribution < 1.29 is 4.79 Å². The molecule has 0 aliphatic rings. The molecule has 1 heterocycles. The molecule has 0 saturated carbocycles. The van der Waals surface area contributed by atoms with Crippen molar-refractivity contribution in [2.24, 2.45) is 11.8 Å². The fraction of sp³-hybridized carbons (Fsp3) is 0.474. The summed E-state index contributed by atoms with van der Waals surface area (Å²) in [5.41, 5.74) is 1.98. The second-order valence-electron chi connectivity index (χ2n) is 6.03. The maximum atomic E-state index is 12.2. The lowest BCUT2D eigenvalue weighted by molar-refractivity contribution is -0.125. The minimum absolute atomic E-state index is 0.0751. The van der Waals surface area contributed by atoms with E-state index in [-0.39, 0.29) is 11.8 Å². The number of amides is 1. The Kier molecular flexibility index (Phi) is 8.09. The number of aromatic amines is 1. The summed E-state index contributed by atoms with van der Waals surface area (Å²) < 4.78 is 0. The monoisotopic (exact) mass is 315 g/mol. The zero-order chi connectivity index (χ0) is 17.2. The number of carbonyl (C=O) groups excluding carboxylic acids is 1. The van der Waals surface area contributed by atoms with Crippen LogP contribution < -0.4 is 5.32 Å². The third-order valence-corrected chi connectivity index (χ3v) is 3.71. The summed E-state index contributed by atoms with van der Waals surface area (Å²) in [5.74, 6) is 1.47. The molecule has 0 aromatic carbocycles. The zero-order valence-electron chi connectivity index (χ0n) is 14.7. The molecule has 0 fully saturated rings. The van der Waals surface area contributed by atoms with Gasteiger partial charge in [-0.25, -0.2) is 4.98 Å². The highest BCUT2D eigenvalue weighted by molar-refractivity contribution is 5.78. The number of H-pyrrole nitrogens is 1. The standard InChI is InChI=1S/C19H29N3O/c1-6-9-10-15(7-2)17-12-20-18(22-17)13-21-19(23)16(8-3)11-14(4)5/h6-7,9-10,12,14,16H,1,8,11,13H2,2-5H3,(H,20,22)(H,21,23)/b10-9-,15-7+. The lowest BCUT2D eigenvalue weighted by Crippen LogP contribution is -2.31. The Bertz CT molecular complexity index is 567. The summed E-state index contributed by atoms with van der Waals surface area (Å²) in [6.45, 7) is 12.4. The molecule has 1 rings (SSSR count). The molecule has 0 spiro atoms. The SMILES string of the molecule is C=C/C=C\C(=C/C)c1cnc(CNC(=O)C(CC)CC(C)C)[nH]1. The first-order valence-electron chi connectivity index (χ1n) is 8.29. The molecule has 23 heavy (non-hydrogen) atoms. The molecule has 4 heteroatoms. The van der Waals surface area contributed by atoms with Crippen molar-refractivity contribution in [2.45, 2.75) is 47.1 Å². The number of allylic oxidation sites excluding steroid dienone is 5. The Morgan fingerprint density at radius 3 is 2.78 bits per heavy atom. The summed E-state index contributed by atoms with van der Waals surface area (Å²) >= 11 is 0. The van der Waals surface area contributed by atoms with Crippen LogP contribution in [0.4, 0.5) is 0 Å². The minimum Gasteiger partial charge on any atom is -0.349 e. The van der Waals surface area contributed by atoms with E-state index >= 15 is 0 Å². The fourth-order valence-electron chi connectivity index (χ4n) is 2.46. The maximum absolute atomic E-state index is 12.2. The van der Waals surface area contributed by atoms with Crippen molar-refractivity contribution in [3.05, 3.63) is 48.6 Å². The van der Waals surface area contributed by atoms with E-state index in [9.17, 15) is 4.79 Å². The van der Waals surface area contributed by atoms with Gasteiger partial charge in [-0.15, -0.1) is 0 Å². The van der Waals surface area contributed by atoms with Gasteiger partial charge in [-0.1, -0.05) is 51.7 Å². The first-order chi connectivity index (χ1) is 11.0. The predicted molar refractivity (Wildman–Crippen MR) is 96.7 cm³/mol. The number of nitrogens with one attached hydrogen (secondary N) is 2. The zero-order valence-corrected chi connectivity index (χ0v) is 14.7. The number of nitrogens with zero attached hydrogens (tertiary/aromatic N) is 1. The third kappa shape index (κ3) is 6.27. The Labute approximate surface area is 139 Å². The molecule has 1 unspecified atom stereocenters. The number of carbonyl (C=O) groups is 1. The lowest BCUT2D eigenvalue weighted by atomic mass is 9.94. The molecule has 0 bridgehead atoms. The average Bonchev–Trinajstić information content (AvgIpc) is 2.99. The topological polar surface area (TPSA) is 57.8 Å². The molecule has 1 atom stereocenters. The van der Waals surface area contributed by atoms with Gasteiger partial charge in [0.05, 0.1) is 18.4 Å². The Morgan fingerprint density at radius 1 is 1.48 bits per heavy atom. The largest absolute Gasteiger partial charge is 0.349 e. The van der Waals surface area contributed by atoms with E-state index in [4.69, 9.17) is 0 Å². The molecule has 1 aromatic heterocycles. The van der Waals surface area contributed by atoms with Gasteiger partial charge in [-0.05, 0) is 31.3 Å². The van der Waals surface area contributed by atoms with Crippen molar-refractivity contribution in [3.8, 4) is 0 Å². The molecule has 4 nitrogen and oxygen atoms in total. The van der Waals surface area contributed by atoms with E-state index < -0.39 is 0 Å². The summed E-state index contributed by atoms with van der Waals surface area (Å²) in [7, 11) is 0. The van der Waals surface area contributed by atoms with E-state index in [2.05, 4.69) is 42.6 Å². The van der Waals surface area contributed by atoms with Crippen LogP contribution in [0.2, 0.25) is 0 Å². The summed E-state index contributed by atoms with van der Waals surface area (Å²) in [6, 6.07) is 0. The Balaban J connectivity index is 2.64. The molecule has 1 amide bonds. The highest BCUT2D eigenvalue weighted by atomic mass is 16.1. The van der Waals surface area contributed by atoms with Gasteiger partial charge >= 0.3 is 0 Å². The number of aromatic nitrogens is 2. The molecular formula is C19H29N3O. The van der Waals surface area contributed by atoms with Crippen LogP contribution in [0.25, 0.3) is 5.57 Å². The van der Waals surface area contributed by atoms with Crippen molar-refractivity contribution in [2.75, 3.05) is 0 Å². The van der Waals surface area contributed by atoms with Crippen molar-refractivity contribution in [1.29, 1.82) is 0 Å². The van der Waals surface area contributed by atoms with Crippen LogP contribution in [-0.4, -0.2) is 15.9 Å². The summed E-state index contributed by atoms with van der Waals surface area (Å²) in [4.78, 5) is 19.8. The average molecular weight is 315 g/mol. The number of hydrogen-bond acceptors (Lipinski definition) is 2. The van der Waals surface area contributed by atoms with Gasteiger partial charge in [0.2, 0.25) is 5.91 Å². The smallest absolute Gasteiger partial charge is 0.223 e. The van der Waals surface area contributed by atoms with Crippen LogP contribution in [0, 0.1) is 11.8 Å². The molecule has 0 radical (unpaired) electrons. The molecule has 0 aliphatic heterocycles. The van der Waals surface area contributed by atoms with Gasteiger partial charge in [-0.3, -0.25) is 4.79 Å². The van der Waals surface area contributed by atoms with Gasteiger partial charge in [-0.2, -0.15) is 0 Å². The van der Waals surface area contributed by atoms with Crippen molar-refractivity contribution in [1.82, 2.24) is 15.3 Å². The maximum Gasteiger partial charge on any atom is 0.223 e. The van der Waals surface area contributed by atoms with E-state index in [0.717, 1.165) is 29.9 Å². The summed E-state index contributed by atoms with van der Waals surface area (Å²) in [5, 5.41) is 2.98. The fourth-order valence-corrected chi connectivity index (χ4v) is 2.46. The first kappa shape index (κ1) is 18.9. The molecular weight excluding hydrogens is 286 g/mol. The normalized spacial score (nSPS) is 13.5. The summed E-state index contributed by atoms with van der Waals surface area (Å²) in [6.07, 6.45) is 11.2. The van der Waals surface area contributed by atoms with Gasteiger partial charge < -0.3 is 10.3 Å². The van der Waals surface area contributed by atoms with Crippen LogP contribution in [0.15, 0.2) is 37.1 Å². The van der Waals surface area contributed by atoms with Gasteiger partial charge in [0.15, 0.2) is 0 Å². The van der Waals surface area contributed by atoms with Gasteiger partial charge in [0, 0.05) is 5.92 Å². The number of imidazole rings is 1. The van der Waals surface area contributed by atoms with Crippen LogP contribution in [0.1, 0.15) is 52.1 Å². The highest BCUT2D eigenvalue weighted by Crippen LogP contribution is 2.16. The van der Waals surface area contributed by atoms with Crippen molar-refractivity contribution >= 4 is 11.5 Å². The van der Waals surface area contributed by atoms with Crippen LogP contribution in [-0.2, 0) is 11.3 Å². The number of rotatable bonds is 9. The predicted octanol–water partition coefficient (Wildman–Crippen LogP) is 4.24. The molecule has 0 saturated heterocycles. The number of hydrogen-bond donors (Lipinski definition) is 2. The second kappa shape index (κ2) is 9.82. The highest BCUT2D eigenvalue weighted by Gasteiger charge is 2.17. The first-order valence-corrected chi connectivity index (χ1v) is 8.29. The minimum atomic E-state index is 0.0751. The molecule has 126 valence electrons. The van der Waals surface area contributed by atoms with Gasteiger partial charge in [0.1, 0.15) is 5.82 Å². The second-order valence-corrected chi connectivity index (χ2v) is 6.03. The Morgan fingerprint density at radius 2 is 2.22 bits per heavy atom. The molecule has 0 aliphatic carbocycles. The molecule has 2 N–H and O–H groups in total. The van der Waals surface area contributed by atoms with Crippen LogP contribution in [0.3, 0.4) is 0 Å². The quantitative estimate of drug-likeness (QED) is 0.669. The Hall–Kier alpha value is -2.10.